The summed E-state index contributed by atoms with van der Waals surface area (Å²) >= 11 is 0. The van der Waals surface area contributed by atoms with Gasteiger partial charge >= 0.3 is 0 Å². The van der Waals surface area contributed by atoms with Crippen molar-refractivity contribution in [2.75, 3.05) is 6.54 Å². The topological polar surface area (TPSA) is 55.1 Å². The van der Waals surface area contributed by atoms with Gasteiger partial charge in [0.05, 0.1) is 0 Å². The minimum absolute atomic E-state index is 0.0889. The van der Waals surface area contributed by atoms with E-state index in [1.54, 1.807) is 0 Å². The normalized spacial score (nSPS) is 20.8. The summed E-state index contributed by atoms with van der Waals surface area (Å²) in [7, 11) is 0. The number of rotatable bonds is 5. The largest absolute Gasteiger partial charge is 0.351 e. The van der Waals surface area contributed by atoms with Gasteiger partial charge in [0.25, 0.3) is 0 Å². The molecule has 0 spiro atoms. The van der Waals surface area contributed by atoms with Crippen molar-refractivity contribution in [1.29, 1.82) is 0 Å². The molecule has 0 radical (unpaired) electrons. The highest BCUT2D eigenvalue weighted by molar-refractivity contribution is 5.81. The SMILES string of the molecule is CCC(C)(CCN)NC(=O)C1CC1. The summed E-state index contributed by atoms with van der Waals surface area (Å²) in [6, 6.07) is 0. The molecule has 0 aromatic heterocycles. The van der Waals surface area contributed by atoms with Crippen LogP contribution in [0.1, 0.15) is 39.5 Å². The Balaban J connectivity index is 2.40. The number of nitrogens with two attached hydrogens (primary N) is 1. The molecule has 76 valence electrons. The van der Waals surface area contributed by atoms with Crippen molar-refractivity contribution in [2.45, 2.75) is 45.1 Å². The highest BCUT2D eigenvalue weighted by atomic mass is 16.2. The molecule has 0 heterocycles. The minimum Gasteiger partial charge on any atom is -0.351 e. The van der Waals surface area contributed by atoms with Crippen molar-refractivity contribution in [2.24, 2.45) is 11.7 Å². The second-order valence-corrected chi connectivity index (χ2v) is 4.22. The van der Waals surface area contributed by atoms with Crippen LogP contribution >= 0.6 is 0 Å². The lowest BCUT2D eigenvalue weighted by atomic mass is 9.94. The van der Waals surface area contributed by atoms with Crippen LogP contribution in [0.15, 0.2) is 0 Å². The minimum atomic E-state index is -0.0889. The van der Waals surface area contributed by atoms with Crippen LogP contribution in [0.3, 0.4) is 0 Å². The first kappa shape index (κ1) is 10.5. The van der Waals surface area contributed by atoms with Crippen LogP contribution in [0.25, 0.3) is 0 Å². The quantitative estimate of drug-likeness (QED) is 0.670. The van der Waals surface area contributed by atoms with E-state index in [9.17, 15) is 4.79 Å². The molecule has 1 amide bonds. The molecule has 0 aromatic rings. The van der Waals surface area contributed by atoms with Crippen molar-refractivity contribution in [1.82, 2.24) is 5.32 Å². The van der Waals surface area contributed by atoms with Crippen LogP contribution < -0.4 is 11.1 Å². The maximum Gasteiger partial charge on any atom is 0.223 e. The Morgan fingerprint density at radius 1 is 1.62 bits per heavy atom. The number of carbonyl (C=O) groups excluding carboxylic acids is 1. The van der Waals surface area contributed by atoms with E-state index >= 15 is 0 Å². The smallest absolute Gasteiger partial charge is 0.223 e. The number of carbonyl (C=O) groups is 1. The zero-order valence-electron chi connectivity index (χ0n) is 8.60. The van der Waals surface area contributed by atoms with Gasteiger partial charge in [-0.2, -0.15) is 0 Å². The third kappa shape index (κ3) is 2.99. The molecule has 0 aliphatic heterocycles. The molecule has 1 aliphatic carbocycles. The Morgan fingerprint density at radius 2 is 2.23 bits per heavy atom. The first-order valence-electron chi connectivity index (χ1n) is 5.13. The van der Waals surface area contributed by atoms with Crippen molar-refractivity contribution < 1.29 is 4.79 Å². The molecular weight excluding hydrogens is 164 g/mol. The lowest BCUT2D eigenvalue weighted by Gasteiger charge is -2.29. The summed E-state index contributed by atoms with van der Waals surface area (Å²) in [6.45, 7) is 4.79. The van der Waals surface area contributed by atoms with Crippen molar-refractivity contribution in [3.05, 3.63) is 0 Å². The molecular formula is C10H20N2O. The molecule has 0 aromatic carbocycles. The highest BCUT2D eigenvalue weighted by Gasteiger charge is 2.33. The lowest BCUT2D eigenvalue weighted by molar-refractivity contribution is -0.124. The monoisotopic (exact) mass is 184 g/mol. The zero-order valence-corrected chi connectivity index (χ0v) is 8.60. The van der Waals surface area contributed by atoms with Gasteiger partial charge < -0.3 is 11.1 Å². The Hall–Kier alpha value is -0.570. The van der Waals surface area contributed by atoms with Gasteiger partial charge in [-0.05, 0) is 39.2 Å². The van der Waals surface area contributed by atoms with Gasteiger partial charge in [0.2, 0.25) is 5.91 Å². The van der Waals surface area contributed by atoms with E-state index in [1.807, 2.05) is 0 Å². The summed E-state index contributed by atoms with van der Waals surface area (Å²) in [4.78, 5) is 11.5. The molecule has 1 atom stereocenters. The predicted molar refractivity (Wildman–Crippen MR) is 53.2 cm³/mol. The fraction of sp³-hybridized carbons (Fsp3) is 0.900. The molecule has 3 heteroatoms. The number of hydrogen-bond acceptors (Lipinski definition) is 2. The van der Waals surface area contributed by atoms with Gasteiger partial charge in [0, 0.05) is 11.5 Å². The molecule has 0 bridgehead atoms. The van der Waals surface area contributed by atoms with Gasteiger partial charge in [0.1, 0.15) is 0 Å². The van der Waals surface area contributed by atoms with Crippen LogP contribution in [0, 0.1) is 5.92 Å². The molecule has 1 saturated carbocycles. The van der Waals surface area contributed by atoms with Crippen LogP contribution in [-0.2, 0) is 4.79 Å². The van der Waals surface area contributed by atoms with Crippen LogP contribution in [0.4, 0.5) is 0 Å². The Labute approximate surface area is 80.1 Å². The molecule has 1 aliphatic rings. The van der Waals surface area contributed by atoms with E-state index < -0.39 is 0 Å². The fourth-order valence-corrected chi connectivity index (χ4v) is 1.39. The van der Waals surface area contributed by atoms with Gasteiger partial charge in [-0.25, -0.2) is 0 Å². The second-order valence-electron chi connectivity index (χ2n) is 4.22. The van der Waals surface area contributed by atoms with Gasteiger partial charge in [-0.15, -0.1) is 0 Å². The molecule has 1 fully saturated rings. The van der Waals surface area contributed by atoms with Crippen LogP contribution in [0.2, 0.25) is 0 Å². The van der Waals surface area contributed by atoms with Gasteiger partial charge in [0.15, 0.2) is 0 Å². The third-order valence-corrected chi connectivity index (χ3v) is 2.85. The third-order valence-electron chi connectivity index (χ3n) is 2.85. The maximum absolute atomic E-state index is 11.5. The van der Waals surface area contributed by atoms with E-state index in [-0.39, 0.29) is 11.4 Å². The molecule has 13 heavy (non-hydrogen) atoms. The van der Waals surface area contributed by atoms with E-state index in [0.29, 0.717) is 12.5 Å². The molecule has 0 saturated heterocycles. The first-order chi connectivity index (χ1) is 6.11. The maximum atomic E-state index is 11.5. The van der Waals surface area contributed by atoms with Gasteiger partial charge in [-0.3, -0.25) is 4.79 Å². The second kappa shape index (κ2) is 4.09. The Kier molecular flexibility index (Phi) is 3.31. The Morgan fingerprint density at radius 3 is 2.62 bits per heavy atom. The summed E-state index contributed by atoms with van der Waals surface area (Å²) in [5.41, 5.74) is 5.42. The summed E-state index contributed by atoms with van der Waals surface area (Å²) in [5.74, 6) is 0.515. The van der Waals surface area contributed by atoms with Crippen LogP contribution in [0.5, 0.6) is 0 Å². The van der Waals surface area contributed by atoms with Crippen LogP contribution in [-0.4, -0.2) is 18.0 Å². The molecule has 1 unspecified atom stereocenters. The standard InChI is InChI=1S/C10H20N2O/c1-3-10(2,6-7-11)12-9(13)8-4-5-8/h8H,3-7,11H2,1-2H3,(H,12,13). The summed E-state index contributed by atoms with van der Waals surface area (Å²) in [6.07, 6.45) is 3.94. The van der Waals surface area contributed by atoms with Crippen molar-refractivity contribution in [3.8, 4) is 0 Å². The average molecular weight is 184 g/mol. The van der Waals surface area contributed by atoms with Crippen molar-refractivity contribution in [3.63, 3.8) is 0 Å². The first-order valence-corrected chi connectivity index (χ1v) is 5.13. The summed E-state index contributed by atoms with van der Waals surface area (Å²) in [5, 5.41) is 3.09. The Bertz CT molecular complexity index is 189. The molecule has 1 rings (SSSR count). The molecule has 3 nitrogen and oxygen atoms in total. The van der Waals surface area contributed by atoms with Gasteiger partial charge in [-0.1, -0.05) is 6.92 Å². The fourth-order valence-electron chi connectivity index (χ4n) is 1.39. The lowest BCUT2D eigenvalue weighted by Crippen LogP contribution is -2.47. The van der Waals surface area contributed by atoms with E-state index in [0.717, 1.165) is 25.7 Å². The average Bonchev–Trinajstić information content (AvgIpc) is 2.87. The number of nitrogens with one attached hydrogen (secondary N) is 1. The van der Waals surface area contributed by atoms with E-state index in [1.165, 1.54) is 0 Å². The highest BCUT2D eigenvalue weighted by Crippen LogP contribution is 2.30. The van der Waals surface area contributed by atoms with Crippen molar-refractivity contribution >= 4 is 5.91 Å². The molecule has 3 N–H and O–H groups in total. The number of hydrogen-bond donors (Lipinski definition) is 2. The summed E-state index contributed by atoms with van der Waals surface area (Å²) < 4.78 is 0. The zero-order chi connectivity index (χ0) is 9.90. The van der Waals surface area contributed by atoms with E-state index in [4.69, 9.17) is 5.73 Å². The number of amides is 1. The van der Waals surface area contributed by atoms with E-state index in [2.05, 4.69) is 19.2 Å². The predicted octanol–water partition coefficient (Wildman–Crippen LogP) is 1.03.